The molecule has 2 rings (SSSR count). The van der Waals surface area contributed by atoms with E-state index < -0.39 is 11.9 Å². The van der Waals surface area contributed by atoms with Gasteiger partial charge in [-0.1, -0.05) is 25.5 Å². The van der Waals surface area contributed by atoms with Crippen molar-refractivity contribution in [3.8, 4) is 0 Å². The van der Waals surface area contributed by atoms with Gasteiger partial charge in [-0.25, -0.2) is 9.59 Å². The highest BCUT2D eigenvalue weighted by atomic mass is 16.5. The standard InChI is InChI=1S/C16H26N4O.C4H4O4/c1-3-4-9-18-16(17-2)19-14-7-5-6-8-15(14)20-10-12-21-13-11-20;5-3(6)1-2-4(7)8/h5-8H,3-4,9-13H2,1-2H3,(H2,17,18,19);1-2H,(H,5,6)(H,7,8). The largest absolute Gasteiger partial charge is 0.478 e. The lowest BCUT2D eigenvalue weighted by Crippen LogP contribution is -2.37. The SMILES string of the molecule is CCCCNC(=NC)Nc1ccccc1N1CCOCC1.O=C(O)C=CC(=O)O. The van der Waals surface area contributed by atoms with Crippen LogP contribution in [0.3, 0.4) is 0 Å². The van der Waals surface area contributed by atoms with Gasteiger partial charge in [0.15, 0.2) is 5.96 Å². The minimum atomic E-state index is -1.26. The quantitative estimate of drug-likeness (QED) is 0.235. The van der Waals surface area contributed by atoms with Crippen LogP contribution in [-0.4, -0.2) is 68.0 Å². The van der Waals surface area contributed by atoms with E-state index in [-0.39, 0.29) is 0 Å². The molecule has 0 spiro atoms. The first-order valence-electron chi connectivity index (χ1n) is 9.51. The number of carboxylic acids is 2. The van der Waals surface area contributed by atoms with Crippen LogP contribution in [0.2, 0.25) is 0 Å². The Morgan fingerprint density at radius 3 is 2.34 bits per heavy atom. The molecule has 160 valence electrons. The number of ether oxygens (including phenoxy) is 1. The normalized spacial score (nSPS) is 14.1. The molecule has 1 aliphatic rings. The van der Waals surface area contributed by atoms with Crippen molar-refractivity contribution in [3.63, 3.8) is 0 Å². The summed E-state index contributed by atoms with van der Waals surface area (Å²) in [6.45, 7) is 6.57. The molecule has 1 fully saturated rings. The number of nitrogens with one attached hydrogen (secondary N) is 2. The molecular formula is C20H30N4O5. The number of para-hydroxylation sites is 2. The molecule has 0 bridgehead atoms. The van der Waals surface area contributed by atoms with Gasteiger partial charge in [0.25, 0.3) is 0 Å². The maximum atomic E-state index is 9.55. The van der Waals surface area contributed by atoms with E-state index in [1.165, 1.54) is 12.1 Å². The van der Waals surface area contributed by atoms with Gasteiger partial charge in [-0.05, 0) is 18.6 Å². The fourth-order valence-electron chi connectivity index (χ4n) is 2.49. The third kappa shape index (κ3) is 10.2. The van der Waals surface area contributed by atoms with Crippen LogP contribution < -0.4 is 15.5 Å². The van der Waals surface area contributed by atoms with E-state index in [9.17, 15) is 9.59 Å². The number of nitrogens with zero attached hydrogens (tertiary/aromatic N) is 2. The number of rotatable bonds is 7. The zero-order valence-electron chi connectivity index (χ0n) is 16.9. The number of guanidine groups is 1. The molecule has 0 aliphatic carbocycles. The van der Waals surface area contributed by atoms with Crippen LogP contribution in [0.5, 0.6) is 0 Å². The Balaban J connectivity index is 0.000000447. The van der Waals surface area contributed by atoms with Gasteiger partial charge in [-0.15, -0.1) is 0 Å². The number of aliphatic carboxylic acids is 2. The molecule has 9 heteroatoms. The number of aliphatic imine (C=N–C) groups is 1. The van der Waals surface area contributed by atoms with Gasteiger partial charge in [-0.2, -0.15) is 0 Å². The number of anilines is 2. The zero-order valence-corrected chi connectivity index (χ0v) is 16.9. The third-order valence-electron chi connectivity index (χ3n) is 3.92. The van der Waals surface area contributed by atoms with Crippen LogP contribution in [0.25, 0.3) is 0 Å². The summed E-state index contributed by atoms with van der Waals surface area (Å²) >= 11 is 0. The Labute approximate surface area is 171 Å². The monoisotopic (exact) mass is 406 g/mol. The molecule has 0 amide bonds. The topological polar surface area (TPSA) is 123 Å². The predicted octanol–water partition coefficient (Wildman–Crippen LogP) is 2.02. The Morgan fingerprint density at radius 2 is 1.79 bits per heavy atom. The van der Waals surface area contributed by atoms with Crippen LogP contribution in [-0.2, 0) is 14.3 Å². The molecule has 0 aromatic heterocycles. The summed E-state index contributed by atoms with van der Waals surface area (Å²) in [6, 6.07) is 8.36. The molecule has 1 heterocycles. The number of hydrogen-bond donors (Lipinski definition) is 4. The van der Waals surface area contributed by atoms with Gasteiger partial charge in [0.1, 0.15) is 0 Å². The maximum absolute atomic E-state index is 9.55. The molecule has 0 radical (unpaired) electrons. The van der Waals surface area contributed by atoms with E-state index >= 15 is 0 Å². The molecule has 1 saturated heterocycles. The molecule has 0 saturated carbocycles. The Hall–Kier alpha value is -3.07. The van der Waals surface area contributed by atoms with E-state index in [1.807, 2.05) is 6.07 Å². The second-order valence-corrected chi connectivity index (χ2v) is 6.10. The summed E-state index contributed by atoms with van der Waals surface area (Å²) in [7, 11) is 1.80. The maximum Gasteiger partial charge on any atom is 0.328 e. The van der Waals surface area contributed by atoms with Crippen molar-refractivity contribution >= 4 is 29.3 Å². The van der Waals surface area contributed by atoms with Gasteiger partial charge < -0.3 is 30.5 Å². The number of carboxylic acid groups (broad SMARTS) is 2. The molecular weight excluding hydrogens is 376 g/mol. The van der Waals surface area contributed by atoms with Crippen molar-refractivity contribution in [2.24, 2.45) is 4.99 Å². The molecule has 1 aliphatic heterocycles. The molecule has 29 heavy (non-hydrogen) atoms. The predicted molar refractivity (Wildman–Crippen MR) is 114 cm³/mol. The molecule has 0 atom stereocenters. The van der Waals surface area contributed by atoms with Gasteiger partial charge in [0.2, 0.25) is 0 Å². The average molecular weight is 406 g/mol. The minimum absolute atomic E-state index is 0.558. The molecule has 0 unspecified atom stereocenters. The summed E-state index contributed by atoms with van der Waals surface area (Å²) in [4.78, 5) is 25.8. The summed E-state index contributed by atoms with van der Waals surface area (Å²) < 4.78 is 5.43. The number of hydrogen-bond acceptors (Lipinski definition) is 5. The van der Waals surface area contributed by atoms with E-state index in [0.717, 1.165) is 50.9 Å². The van der Waals surface area contributed by atoms with Crippen LogP contribution >= 0.6 is 0 Å². The fourth-order valence-corrected chi connectivity index (χ4v) is 2.49. The van der Waals surface area contributed by atoms with E-state index in [4.69, 9.17) is 14.9 Å². The number of carbonyl (C=O) groups is 2. The Morgan fingerprint density at radius 1 is 1.17 bits per heavy atom. The van der Waals surface area contributed by atoms with Crippen molar-refractivity contribution in [2.45, 2.75) is 19.8 Å². The highest BCUT2D eigenvalue weighted by Crippen LogP contribution is 2.26. The van der Waals surface area contributed by atoms with E-state index in [1.54, 1.807) is 7.05 Å². The van der Waals surface area contributed by atoms with Crippen molar-refractivity contribution < 1.29 is 24.5 Å². The summed E-state index contributed by atoms with van der Waals surface area (Å²) in [5, 5.41) is 22.4. The van der Waals surface area contributed by atoms with Crippen molar-refractivity contribution in [3.05, 3.63) is 36.4 Å². The van der Waals surface area contributed by atoms with Crippen molar-refractivity contribution in [1.82, 2.24) is 5.32 Å². The van der Waals surface area contributed by atoms with Gasteiger partial charge in [-0.3, -0.25) is 4.99 Å². The zero-order chi connectivity index (χ0) is 21.5. The molecule has 1 aromatic rings. The second-order valence-electron chi connectivity index (χ2n) is 6.10. The third-order valence-corrected chi connectivity index (χ3v) is 3.92. The van der Waals surface area contributed by atoms with E-state index in [2.05, 4.69) is 45.6 Å². The smallest absolute Gasteiger partial charge is 0.328 e. The molecule has 4 N–H and O–H groups in total. The lowest BCUT2D eigenvalue weighted by molar-refractivity contribution is -0.134. The summed E-state index contributed by atoms with van der Waals surface area (Å²) in [5.41, 5.74) is 2.29. The van der Waals surface area contributed by atoms with Gasteiger partial charge >= 0.3 is 11.9 Å². The van der Waals surface area contributed by atoms with Crippen molar-refractivity contribution in [2.75, 3.05) is 50.1 Å². The van der Waals surface area contributed by atoms with Crippen LogP contribution in [0.4, 0.5) is 11.4 Å². The lowest BCUT2D eigenvalue weighted by atomic mass is 10.2. The first kappa shape index (κ1) is 24.0. The lowest BCUT2D eigenvalue weighted by Gasteiger charge is -2.30. The van der Waals surface area contributed by atoms with Crippen LogP contribution in [0, 0.1) is 0 Å². The van der Waals surface area contributed by atoms with Crippen LogP contribution in [0.1, 0.15) is 19.8 Å². The Kier molecular flexibility index (Phi) is 11.6. The summed E-state index contributed by atoms with van der Waals surface area (Å²) in [5.74, 6) is -1.69. The van der Waals surface area contributed by atoms with Crippen molar-refractivity contribution in [1.29, 1.82) is 0 Å². The number of morpholine rings is 1. The minimum Gasteiger partial charge on any atom is -0.478 e. The number of benzene rings is 1. The highest BCUT2D eigenvalue weighted by Gasteiger charge is 2.14. The summed E-state index contributed by atoms with van der Waals surface area (Å²) in [6.07, 6.45) is 3.44. The van der Waals surface area contributed by atoms with Gasteiger partial charge in [0.05, 0.1) is 24.6 Å². The second kappa shape index (κ2) is 14.0. The first-order valence-corrected chi connectivity index (χ1v) is 9.51. The van der Waals surface area contributed by atoms with E-state index in [0.29, 0.717) is 12.2 Å². The molecule has 9 nitrogen and oxygen atoms in total. The number of unbranched alkanes of at least 4 members (excludes halogenated alkanes) is 1. The highest BCUT2D eigenvalue weighted by molar-refractivity contribution is 5.96. The fraction of sp³-hybridized carbons (Fsp3) is 0.450. The Bertz CT molecular complexity index is 684. The average Bonchev–Trinajstić information content (AvgIpc) is 2.73. The molecule has 1 aromatic carbocycles. The first-order chi connectivity index (χ1) is 14.0. The van der Waals surface area contributed by atoms with Gasteiger partial charge in [0, 0.05) is 38.8 Å². The van der Waals surface area contributed by atoms with Crippen LogP contribution in [0.15, 0.2) is 41.4 Å².